The first-order valence-corrected chi connectivity index (χ1v) is 8.71. The zero-order chi connectivity index (χ0) is 13.9. The normalized spacial score (nSPS) is 25.6. The molecule has 0 radical (unpaired) electrons. The summed E-state index contributed by atoms with van der Waals surface area (Å²) in [7, 11) is 0. The van der Waals surface area contributed by atoms with Gasteiger partial charge in [0.25, 0.3) is 0 Å². The Bertz CT molecular complexity index is 221. The van der Waals surface area contributed by atoms with Gasteiger partial charge in [-0.15, -0.1) is 0 Å². The average molecular weight is 265 g/mol. The van der Waals surface area contributed by atoms with E-state index in [1.807, 2.05) is 0 Å². The third-order valence-electron chi connectivity index (χ3n) is 5.51. The molecule has 1 aliphatic heterocycles. The Hall–Kier alpha value is -0.0400. The van der Waals surface area contributed by atoms with Crippen molar-refractivity contribution in [3.05, 3.63) is 0 Å². The Morgan fingerprint density at radius 1 is 0.895 bits per heavy atom. The van der Waals surface area contributed by atoms with E-state index in [1.54, 1.807) is 0 Å². The van der Waals surface area contributed by atoms with E-state index in [-0.39, 0.29) is 0 Å². The second kappa shape index (κ2) is 6.61. The van der Waals surface area contributed by atoms with Crippen LogP contribution in [0.4, 0.5) is 0 Å². The van der Waals surface area contributed by atoms with Crippen LogP contribution in [0.1, 0.15) is 72.6 Å². The summed E-state index contributed by atoms with van der Waals surface area (Å²) < 4.78 is 0. The number of hydrogen-bond acceptors (Lipinski definition) is 1. The van der Waals surface area contributed by atoms with Gasteiger partial charge in [-0.2, -0.15) is 0 Å². The topological polar surface area (TPSA) is 3.24 Å². The van der Waals surface area contributed by atoms with Gasteiger partial charge >= 0.3 is 0 Å². The zero-order valence-corrected chi connectivity index (χ0v) is 13.8. The Labute approximate surface area is 121 Å². The summed E-state index contributed by atoms with van der Waals surface area (Å²) in [4.78, 5) is 2.70. The summed E-state index contributed by atoms with van der Waals surface area (Å²) in [5, 5.41) is 0. The number of likely N-dealkylation sites (tertiary alicyclic amines) is 1. The molecule has 0 amide bonds. The van der Waals surface area contributed by atoms with Gasteiger partial charge < -0.3 is 4.90 Å². The second-order valence-electron chi connectivity index (χ2n) is 8.27. The van der Waals surface area contributed by atoms with Crippen molar-refractivity contribution in [3.8, 4) is 0 Å². The third kappa shape index (κ3) is 4.48. The minimum Gasteiger partial charge on any atom is -0.303 e. The molecule has 0 N–H and O–H groups in total. The zero-order valence-electron chi connectivity index (χ0n) is 13.8. The molecule has 2 aliphatic rings. The molecule has 0 aromatic heterocycles. The second-order valence-corrected chi connectivity index (χ2v) is 8.27. The van der Waals surface area contributed by atoms with Crippen LogP contribution >= 0.6 is 0 Å². The first kappa shape index (κ1) is 15.4. The number of rotatable bonds is 4. The molecule has 0 unspecified atom stereocenters. The molecule has 0 bridgehead atoms. The molecular weight excluding hydrogens is 230 g/mol. The van der Waals surface area contributed by atoms with Crippen molar-refractivity contribution in [2.75, 3.05) is 19.6 Å². The molecule has 112 valence electrons. The monoisotopic (exact) mass is 265 g/mol. The van der Waals surface area contributed by atoms with E-state index in [2.05, 4.69) is 32.6 Å². The molecule has 0 aromatic carbocycles. The molecule has 1 heteroatoms. The summed E-state index contributed by atoms with van der Waals surface area (Å²) in [6.07, 6.45) is 10.5. The fraction of sp³-hybridized carbons (Fsp3) is 1.00. The highest BCUT2D eigenvalue weighted by Crippen LogP contribution is 2.47. The van der Waals surface area contributed by atoms with Gasteiger partial charge in [0.1, 0.15) is 0 Å². The molecule has 19 heavy (non-hydrogen) atoms. The SMILES string of the molecule is CC(C)CC1CCC2(CC1)CCN(CC(C)C)CC2. The predicted octanol–water partition coefficient (Wildman–Crippen LogP) is 4.96. The smallest absolute Gasteiger partial charge is 0.000439 e. The number of nitrogens with zero attached hydrogens (tertiary/aromatic N) is 1. The molecule has 1 saturated heterocycles. The van der Waals surface area contributed by atoms with Crippen molar-refractivity contribution in [1.82, 2.24) is 4.90 Å². The van der Waals surface area contributed by atoms with E-state index < -0.39 is 0 Å². The first-order valence-electron chi connectivity index (χ1n) is 8.71. The molecule has 1 saturated carbocycles. The van der Waals surface area contributed by atoms with Gasteiger partial charge in [0.2, 0.25) is 0 Å². The molecule has 0 aromatic rings. The molecular formula is C18H35N. The van der Waals surface area contributed by atoms with E-state index in [0.29, 0.717) is 0 Å². The average Bonchev–Trinajstić information content (AvgIpc) is 2.34. The summed E-state index contributed by atoms with van der Waals surface area (Å²) in [6, 6.07) is 0. The summed E-state index contributed by atoms with van der Waals surface area (Å²) in [6.45, 7) is 13.5. The minimum absolute atomic E-state index is 0.751. The fourth-order valence-electron chi connectivity index (χ4n) is 4.42. The van der Waals surface area contributed by atoms with Crippen molar-refractivity contribution < 1.29 is 0 Å². The largest absolute Gasteiger partial charge is 0.303 e. The van der Waals surface area contributed by atoms with Gasteiger partial charge in [0, 0.05) is 6.54 Å². The van der Waals surface area contributed by atoms with E-state index >= 15 is 0 Å². The summed E-state index contributed by atoms with van der Waals surface area (Å²) >= 11 is 0. The third-order valence-corrected chi connectivity index (χ3v) is 5.51. The minimum atomic E-state index is 0.751. The van der Waals surface area contributed by atoms with E-state index in [4.69, 9.17) is 0 Å². The van der Waals surface area contributed by atoms with Gasteiger partial charge in [-0.1, -0.05) is 27.7 Å². The van der Waals surface area contributed by atoms with E-state index in [0.717, 1.165) is 23.2 Å². The van der Waals surface area contributed by atoms with Crippen LogP contribution < -0.4 is 0 Å². The van der Waals surface area contributed by atoms with Crippen LogP contribution in [-0.4, -0.2) is 24.5 Å². The molecule has 1 spiro atoms. The summed E-state index contributed by atoms with van der Waals surface area (Å²) in [5.41, 5.74) is 0.751. The lowest BCUT2D eigenvalue weighted by Crippen LogP contribution is -2.43. The standard InChI is InChI=1S/C18H35N/c1-15(2)13-17-5-7-18(8-6-17)9-11-19(12-10-18)14-16(3)4/h15-17H,5-14H2,1-4H3. The lowest BCUT2D eigenvalue weighted by atomic mass is 9.64. The van der Waals surface area contributed by atoms with Gasteiger partial charge in [-0.3, -0.25) is 0 Å². The lowest BCUT2D eigenvalue weighted by Gasteiger charge is -2.46. The molecule has 1 nitrogen and oxygen atoms in total. The first-order chi connectivity index (χ1) is 8.99. The van der Waals surface area contributed by atoms with Crippen molar-refractivity contribution in [2.45, 2.75) is 72.6 Å². The van der Waals surface area contributed by atoms with Crippen LogP contribution in [0.5, 0.6) is 0 Å². The maximum atomic E-state index is 2.70. The maximum Gasteiger partial charge on any atom is 0.000439 e. The molecule has 1 aliphatic carbocycles. The van der Waals surface area contributed by atoms with E-state index in [1.165, 1.54) is 64.6 Å². The Balaban J connectivity index is 1.75. The summed E-state index contributed by atoms with van der Waals surface area (Å²) in [5.74, 6) is 2.77. The fourth-order valence-corrected chi connectivity index (χ4v) is 4.42. The van der Waals surface area contributed by atoms with Gasteiger partial charge in [0.05, 0.1) is 0 Å². The van der Waals surface area contributed by atoms with Crippen LogP contribution in [0.3, 0.4) is 0 Å². The van der Waals surface area contributed by atoms with Gasteiger partial charge in [-0.25, -0.2) is 0 Å². The van der Waals surface area contributed by atoms with Gasteiger partial charge in [-0.05, 0) is 81.2 Å². The maximum absolute atomic E-state index is 2.70. The van der Waals surface area contributed by atoms with Crippen molar-refractivity contribution in [1.29, 1.82) is 0 Å². The number of hydrogen-bond donors (Lipinski definition) is 0. The van der Waals surface area contributed by atoms with Crippen LogP contribution in [0.2, 0.25) is 0 Å². The van der Waals surface area contributed by atoms with E-state index in [9.17, 15) is 0 Å². The van der Waals surface area contributed by atoms with Crippen LogP contribution in [0, 0.1) is 23.2 Å². The van der Waals surface area contributed by atoms with Crippen LogP contribution in [0.25, 0.3) is 0 Å². The van der Waals surface area contributed by atoms with Crippen LogP contribution in [0.15, 0.2) is 0 Å². The van der Waals surface area contributed by atoms with Crippen molar-refractivity contribution >= 4 is 0 Å². The predicted molar refractivity (Wildman–Crippen MR) is 84.4 cm³/mol. The molecule has 0 atom stereocenters. The molecule has 2 rings (SSSR count). The highest BCUT2D eigenvalue weighted by molar-refractivity contribution is 4.90. The van der Waals surface area contributed by atoms with Gasteiger partial charge in [0.15, 0.2) is 0 Å². The molecule has 2 fully saturated rings. The Morgan fingerprint density at radius 2 is 1.47 bits per heavy atom. The van der Waals surface area contributed by atoms with Crippen LogP contribution in [-0.2, 0) is 0 Å². The highest BCUT2D eigenvalue weighted by Gasteiger charge is 2.37. The molecule has 1 heterocycles. The number of piperidine rings is 1. The van der Waals surface area contributed by atoms with Crippen molar-refractivity contribution in [3.63, 3.8) is 0 Å². The Morgan fingerprint density at radius 3 is 1.95 bits per heavy atom. The quantitative estimate of drug-likeness (QED) is 0.694. The Kier molecular flexibility index (Phi) is 5.34. The van der Waals surface area contributed by atoms with Crippen molar-refractivity contribution in [2.24, 2.45) is 23.2 Å². The lowest BCUT2D eigenvalue weighted by molar-refractivity contribution is 0.0443. The highest BCUT2D eigenvalue weighted by atomic mass is 15.1.